The fourth-order valence-electron chi connectivity index (χ4n) is 3.22. The molecule has 1 unspecified atom stereocenters. The molecule has 1 N–H and O–H groups in total. The summed E-state index contributed by atoms with van der Waals surface area (Å²) in [7, 11) is 1.90. The van der Waals surface area contributed by atoms with Crippen molar-refractivity contribution in [3.63, 3.8) is 0 Å². The van der Waals surface area contributed by atoms with Gasteiger partial charge in [0.1, 0.15) is 16.5 Å². The second kappa shape index (κ2) is 8.49. The van der Waals surface area contributed by atoms with Crippen molar-refractivity contribution in [3.05, 3.63) is 58.6 Å². The summed E-state index contributed by atoms with van der Waals surface area (Å²) < 4.78 is 17.0. The van der Waals surface area contributed by atoms with Crippen molar-refractivity contribution in [2.75, 3.05) is 19.3 Å². The smallest absolute Gasteiger partial charge is 0.336 e. The number of fused-ring (bicyclic) bond motifs is 5. The molecule has 0 amide bonds. The van der Waals surface area contributed by atoms with Crippen molar-refractivity contribution < 1.29 is 23.8 Å². The minimum absolute atomic E-state index is 0.0722. The van der Waals surface area contributed by atoms with E-state index in [2.05, 4.69) is 5.32 Å². The number of hydrogen-bond acceptors (Lipinski definition) is 7. The molecule has 2 aliphatic heterocycles. The summed E-state index contributed by atoms with van der Waals surface area (Å²) in [5.74, 6) is 0.826. The van der Waals surface area contributed by atoms with Crippen LogP contribution in [0.25, 0.3) is 0 Å². The van der Waals surface area contributed by atoms with Gasteiger partial charge < -0.3 is 19.5 Å². The summed E-state index contributed by atoms with van der Waals surface area (Å²) in [6.07, 6.45) is 2.71. The van der Waals surface area contributed by atoms with Crippen LogP contribution in [0.3, 0.4) is 0 Å². The molecule has 29 heavy (non-hydrogen) atoms. The fraction of sp³-hybridized carbons (Fsp3) is 0.238. The topological polar surface area (TPSA) is 73.9 Å². The Balaban J connectivity index is 1.88. The Bertz CT molecular complexity index is 1010. The van der Waals surface area contributed by atoms with Gasteiger partial charge in [0.15, 0.2) is 11.5 Å². The van der Waals surface area contributed by atoms with Gasteiger partial charge >= 0.3 is 11.9 Å². The highest BCUT2D eigenvalue weighted by Gasteiger charge is 2.32. The zero-order chi connectivity index (χ0) is 20.4. The molecule has 2 heterocycles. The number of esters is 2. The first-order valence-electron chi connectivity index (χ1n) is 9.07. The molecule has 8 heteroatoms. The lowest BCUT2D eigenvalue weighted by Crippen LogP contribution is -2.13. The average Bonchev–Trinajstić information content (AvgIpc) is 2.84. The van der Waals surface area contributed by atoms with Crippen LogP contribution >= 0.6 is 23.4 Å². The fourth-order valence-corrected chi connectivity index (χ4v) is 4.74. The molecule has 2 bridgehead atoms. The molecule has 0 fully saturated rings. The average molecular weight is 432 g/mol. The number of para-hydroxylation sites is 1. The van der Waals surface area contributed by atoms with Crippen molar-refractivity contribution in [1.29, 1.82) is 0 Å². The van der Waals surface area contributed by atoms with Crippen molar-refractivity contribution in [3.8, 4) is 23.0 Å². The molecule has 150 valence electrons. The van der Waals surface area contributed by atoms with E-state index in [4.69, 9.17) is 25.8 Å². The largest absolute Gasteiger partial charge is 0.456 e. The Morgan fingerprint density at radius 1 is 1.07 bits per heavy atom. The standard InChI is InChI=1S/C21H18ClNO5S/c1-23-8-9-29-16-10-12-4-2-3-5-13(12)26-14-11-15-20(22)21(19(14)16)28-18(25)7-6-17(24)27-15/h2-7,11,16,23H,8-10H2,1H3/b7-6-. The SMILES string of the molecule is CNCCSC1Cc2ccccc2Oc2cc3c(Cl)c(c21)OC(=O)/C=C\C(=O)O3. The molecule has 0 radical (unpaired) electrons. The molecule has 0 saturated carbocycles. The lowest BCUT2D eigenvalue weighted by molar-refractivity contribution is -0.131. The maximum Gasteiger partial charge on any atom is 0.336 e. The molecule has 0 aliphatic carbocycles. The van der Waals surface area contributed by atoms with Crippen LogP contribution in [-0.2, 0) is 16.0 Å². The normalized spacial score (nSPS) is 18.6. The summed E-state index contributed by atoms with van der Waals surface area (Å²) in [6, 6.07) is 9.32. The lowest BCUT2D eigenvalue weighted by atomic mass is 10.0. The Hall–Kier alpha value is -2.48. The van der Waals surface area contributed by atoms with E-state index in [9.17, 15) is 9.59 Å². The molecule has 0 spiro atoms. The molecular weight excluding hydrogens is 414 g/mol. The van der Waals surface area contributed by atoms with Gasteiger partial charge in [0, 0.05) is 35.8 Å². The zero-order valence-corrected chi connectivity index (χ0v) is 17.1. The third-order valence-corrected chi connectivity index (χ3v) is 6.15. The van der Waals surface area contributed by atoms with Crippen molar-refractivity contribution in [1.82, 2.24) is 5.32 Å². The van der Waals surface area contributed by atoms with E-state index in [0.29, 0.717) is 23.5 Å². The van der Waals surface area contributed by atoms with Crippen LogP contribution in [0.5, 0.6) is 23.0 Å². The maximum absolute atomic E-state index is 12.2. The number of thioether (sulfide) groups is 1. The highest BCUT2D eigenvalue weighted by Crippen LogP contribution is 2.53. The Labute approximate surface area is 177 Å². The van der Waals surface area contributed by atoms with E-state index >= 15 is 0 Å². The number of nitrogens with one attached hydrogen (secondary N) is 1. The lowest BCUT2D eigenvalue weighted by Gasteiger charge is -2.21. The van der Waals surface area contributed by atoms with Crippen molar-refractivity contribution in [2.45, 2.75) is 11.7 Å². The molecule has 2 aromatic carbocycles. The predicted molar refractivity (Wildman–Crippen MR) is 111 cm³/mol. The van der Waals surface area contributed by atoms with Crippen LogP contribution in [0.4, 0.5) is 0 Å². The molecule has 1 atom stereocenters. The number of benzene rings is 2. The van der Waals surface area contributed by atoms with E-state index in [1.165, 1.54) is 0 Å². The quantitative estimate of drug-likeness (QED) is 0.444. The van der Waals surface area contributed by atoms with Gasteiger partial charge in [-0.05, 0) is 25.1 Å². The van der Waals surface area contributed by atoms with E-state index in [1.807, 2.05) is 31.3 Å². The summed E-state index contributed by atoms with van der Waals surface area (Å²) in [5, 5.41) is 3.13. The van der Waals surface area contributed by atoms with E-state index in [0.717, 1.165) is 30.0 Å². The number of rotatable bonds is 4. The first-order valence-corrected chi connectivity index (χ1v) is 10.5. The van der Waals surface area contributed by atoms with Gasteiger partial charge in [-0.2, -0.15) is 11.8 Å². The first-order chi connectivity index (χ1) is 14.1. The maximum atomic E-state index is 12.2. The Morgan fingerprint density at radius 3 is 2.62 bits per heavy atom. The highest BCUT2D eigenvalue weighted by atomic mass is 35.5. The number of ether oxygens (including phenoxy) is 3. The summed E-state index contributed by atoms with van der Waals surface area (Å²) in [4.78, 5) is 24.2. The minimum atomic E-state index is -0.717. The van der Waals surface area contributed by atoms with Crippen LogP contribution in [0.2, 0.25) is 5.02 Å². The molecule has 2 aromatic rings. The molecule has 6 nitrogen and oxygen atoms in total. The van der Waals surface area contributed by atoms with Gasteiger partial charge in [-0.15, -0.1) is 0 Å². The van der Waals surface area contributed by atoms with Gasteiger partial charge in [-0.1, -0.05) is 29.8 Å². The second-order valence-electron chi connectivity index (χ2n) is 6.48. The van der Waals surface area contributed by atoms with Gasteiger partial charge in [-0.25, -0.2) is 9.59 Å². The highest BCUT2D eigenvalue weighted by molar-refractivity contribution is 7.99. The van der Waals surface area contributed by atoms with E-state index in [-0.39, 0.29) is 21.8 Å². The summed E-state index contributed by atoms with van der Waals surface area (Å²) in [6.45, 7) is 0.820. The first kappa shape index (κ1) is 19.8. The molecule has 0 saturated heterocycles. The second-order valence-corrected chi connectivity index (χ2v) is 8.17. The summed E-state index contributed by atoms with van der Waals surface area (Å²) >= 11 is 8.20. The van der Waals surface area contributed by atoms with Crippen molar-refractivity contribution in [2.24, 2.45) is 0 Å². The predicted octanol–water partition coefficient (Wildman–Crippen LogP) is 4.06. The van der Waals surface area contributed by atoms with E-state index in [1.54, 1.807) is 17.8 Å². The van der Waals surface area contributed by atoms with Crippen molar-refractivity contribution >= 4 is 35.3 Å². The Kier molecular flexibility index (Phi) is 5.80. The monoisotopic (exact) mass is 431 g/mol. The van der Waals surface area contributed by atoms with Gasteiger partial charge in [0.25, 0.3) is 0 Å². The third-order valence-electron chi connectivity index (χ3n) is 4.55. The Morgan fingerprint density at radius 2 is 1.83 bits per heavy atom. The van der Waals surface area contributed by atoms with Gasteiger partial charge in [0.2, 0.25) is 0 Å². The molecular formula is C21H18ClNO5S. The van der Waals surface area contributed by atoms with Crippen LogP contribution in [0, 0.1) is 0 Å². The number of hydrogen-bond donors (Lipinski definition) is 1. The van der Waals surface area contributed by atoms with Crippen LogP contribution in [0.15, 0.2) is 42.5 Å². The molecule has 0 aromatic heterocycles. The number of carbonyl (C=O) groups is 2. The zero-order valence-electron chi connectivity index (χ0n) is 15.6. The van der Waals surface area contributed by atoms with E-state index < -0.39 is 11.9 Å². The van der Waals surface area contributed by atoms with Crippen LogP contribution < -0.4 is 19.5 Å². The molecule has 2 aliphatic rings. The number of halogens is 1. The molecule has 4 rings (SSSR count). The van der Waals surface area contributed by atoms with Gasteiger partial charge in [-0.3, -0.25) is 0 Å². The third kappa shape index (κ3) is 4.12. The number of carbonyl (C=O) groups excluding carboxylic acids is 2. The van der Waals surface area contributed by atoms with Gasteiger partial charge in [0.05, 0.1) is 5.56 Å². The summed E-state index contributed by atoms with van der Waals surface area (Å²) in [5.41, 5.74) is 1.71. The minimum Gasteiger partial charge on any atom is -0.456 e. The van der Waals surface area contributed by atoms with Crippen LogP contribution in [0.1, 0.15) is 16.4 Å². The van der Waals surface area contributed by atoms with Crippen LogP contribution in [-0.4, -0.2) is 31.3 Å².